The van der Waals surface area contributed by atoms with Crippen LogP contribution in [0.5, 0.6) is 0 Å². The van der Waals surface area contributed by atoms with E-state index in [0.29, 0.717) is 12.5 Å². The van der Waals surface area contributed by atoms with E-state index in [9.17, 15) is 8.78 Å². The van der Waals surface area contributed by atoms with Crippen molar-refractivity contribution in [1.82, 2.24) is 4.90 Å². The van der Waals surface area contributed by atoms with E-state index in [4.69, 9.17) is 16.3 Å². The Morgan fingerprint density at radius 3 is 1.84 bits per heavy atom. The molecule has 1 fully saturated rings. The van der Waals surface area contributed by atoms with E-state index in [-0.39, 0.29) is 17.7 Å². The lowest BCUT2D eigenvalue weighted by Gasteiger charge is -2.32. The number of benzene rings is 3. The van der Waals surface area contributed by atoms with Crippen LogP contribution >= 0.6 is 11.6 Å². The Hall–Kier alpha value is -2.27. The van der Waals surface area contributed by atoms with E-state index in [1.54, 1.807) is 24.3 Å². The predicted molar refractivity (Wildman–Crippen MR) is 120 cm³/mol. The number of rotatable bonds is 7. The average molecular weight is 442 g/mol. The third kappa shape index (κ3) is 5.91. The van der Waals surface area contributed by atoms with Crippen LogP contribution in [-0.4, -0.2) is 31.1 Å². The van der Waals surface area contributed by atoms with Crippen molar-refractivity contribution >= 4 is 11.6 Å². The molecule has 3 aromatic carbocycles. The van der Waals surface area contributed by atoms with Gasteiger partial charge in [0, 0.05) is 11.6 Å². The van der Waals surface area contributed by atoms with Gasteiger partial charge in [-0.05, 0) is 84.9 Å². The first kappa shape index (κ1) is 21.9. The van der Waals surface area contributed by atoms with Crippen molar-refractivity contribution in [3.63, 3.8) is 0 Å². The predicted octanol–water partition coefficient (Wildman–Crippen LogP) is 6.60. The Bertz CT molecular complexity index is 907. The number of hydrogen-bond donors (Lipinski definition) is 0. The van der Waals surface area contributed by atoms with Crippen molar-refractivity contribution in [2.75, 3.05) is 26.2 Å². The molecule has 31 heavy (non-hydrogen) atoms. The SMILES string of the molecule is Fc1ccc(C(OCCN2CCC(c3ccc(Cl)cc3)CC2)c2ccc(F)cc2)cc1. The van der Waals surface area contributed by atoms with Crippen molar-refractivity contribution in [3.8, 4) is 0 Å². The third-order valence-electron chi connectivity index (χ3n) is 5.97. The first-order valence-electron chi connectivity index (χ1n) is 10.7. The summed E-state index contributed by atoms with van der Waals surface area (Å²) in [5.41, 5.74) is 3.07. The molecule has 0 bridgehead atoms. The standard InChI is InChI=1S/C26H26ClF2NO/c27-23-7-1-19(2-8-23)20-13-15-30(16-14-20)17-18-31-26(21-3-9-24(28)10-4-21)22-5-11-25(29)12-6-22/h1-12,20,26H,13-18H2. The maximum Gasteiger partial charge on any atom is 0.123 e. The number of nitrogens with zero attached hydrogens (tertiary/aromatic N) is 1. The first-order valence-corrected chi connectivity index (χ1v) is 11.1. The molecule has 3 aromatic rings. The van der Waals surface area contributed by atoms with Gasteiger partial charge in [0.2, 0.25) is 0 Å². The van der Waals surface area contributed by atoms with Gasteiger partial charge in [-0.15, -0.1) is 0 Å². The minimum absolute atomic E-state index is 0.287. The van der Waals surface area contributed by atoms with Gasteiger partial charge >= 0.3 is 0 Å². The second-order valence-electron chi connectivity index (χ2n) is 8.02. The molecule has 0 N–H and O–H groups in total. The van der Waals surface area contributed by atoms with Crippen molar-refractivity contribution < 1.29 is 13.5 Å². The van der Waals surface area contributed by atoms with Crippen LogP contribution in [0.2, 0.25) is 5.02 Å². The van der Waals surface area contributed by atoms with E-state index in [1.807, 2.05) is 12.1 Å². The number of ether oxygens (including phenoxy) is 1. The Labute approximate surface area is 187 Å². The monoisotopic (exact) mass is 441 g/mol. The highest BCUT2D eigenvalue weighted by Gasteiger charge is 2.21. The second-order valence-corrected chi connectivity index (χ2v) is 8.46. The van der Waals surface area contributed by atoms with Gasteiger partial charge in [-0.25, -0.2) is 8.78 Å². The van der Waals surface area contributed by atoms with Gasteiger partial charge < -0.3 is 9.64 Å². The topological polar surface area (TPSA) is 12.5 Å². The molecule has 162 valence electrons. The fraction of sp³-hybridized carbons (Fsp3) is 0.308. The molecule has 4 rings (SSSR count). The molecule has 0 aromatic heterocycles. The van der Waals surface area contributed by atoms with Crippen molar-refractivity contribution in [2.45, 2.75) is 24.9 Å². The lowest BCUT2D eigenvalue weighted by Crippen LogP contribution is -2.35. The summed E-state index contributed by atoms with van der Waals surface area (Å²) in [5.74, 6) is -0.00376. The summed E-state index contributed by atoms with van der Waals surface area (Å²) < 4.78 is 33.0. The minimum Gasteiger partial charge on any atom is -0.367 e. The number of likely N-dealkylation sites (tertiary alicyclic amines) is 1. The van der Waals surface area contributed by atoms with Gasteiger partial charge in [0.1, 0.15) is 17.7 Å². The van der Waals surface area contributed by atoms with Gasteiger partial charge in [-0.2, -0.15) is 0 Å². The van der Waals surface area contributed by atoms with Crippen molar-refractivity contribution in [3.05, 3.63) is 106 Å². The van der Waals surface area contributed by atoms with Gasteiger partial charge in [-0.3, -0.25) is 0 Å². The molecule has 0 atom stereocenters. The minimum atomic E-state index is -0.354. The van der Waals surface area contributed by atoms with Crippen LogP contribution in [0.1, 0.15) is 41.6 Å². The molecular weight excluding hydrogens is 416 g/mol. The molecule has 5 heteroatoms. The Balaban J connectivity index is 1.33. The fourth-order valence-electron chi connectivity index (χ4n) is 4.18. The molecular formula is C26H26ClF2NO. The lowest BCUT2D eigenvalue weighted by molar-refractivity contribution is 0.0542. The summed E-state index contributed by atoms with van der Waals surface area (Å²) in [6, 6.07) is 20.8. The maximum absolute atomic E-state index is 13.4. The first-order chi connectivity index (χ1) is 15.1. The van der Waals surface area contributed by atoms with E-state index < -0.39 is 0 Å². The van der Waals surface area contributed by atoms with E-state index >= 15 is 0 Å². The van der Waals surface area contributed by atoms with Crippen LogP contribution in [0.4, 0.5) is 8.78 Å². The average Bonchev–Trinajstić information content (AvgIpc) is 2.79. The normalized spacial score (nSPS) is 15.5. The molecule has 0 radical (unpaired) electrons. The van der Waals surface area contributed by atoms with Gasteiger partial charge in [-0.1, -0.05) is 48.0 Å². The molecule has 0 aliphatic carbocycles. The zero-order valence-electron chi connectivity index (χ0n) is 17.3. The fourth-order valence-corrected chi connectivity index (χ4v) is 4.31. The van der Waals surface area contributed by atoms with Gasteiger partial charge in [0.05, 0.1) is 6.61 Å². The van der Waals surface area contributed by atoms with E-state index in [1.165, 1.54) is 29.8 Å². The molecule has 1 aliphatic rings. The lowest BCUT2D eigenvalue weighted by atomic mass is 9.89. The summed E-state index contributed by atoms with van der Waals surface area (Å²) in [5, 5.41) is 0.773. The van der Waals surface area contributed by atoms with Crippen LogP contribution in [0, 0.1) is 11.6 Å². The Morgan fingerprint density at radius 1 is 0.806 bits per heavy atom. The van der Waals surface area contributed by atoms with Crippen LogP contribution in [0.15, 0.2) is 72.8 Å². The smallest absolute Gasteiger partial charge is 0.123 e. The largest absolute Gasteiger partial charge is 0.367 e. The summed E-state index contributed by atoms with van der Waals surface area (Å²) in [6.45, 7) is 3.42. The number of piperidine rings is 1. The quantitative estimate of drug-likeness (QED) is 0.409. The molecule has 0 spiro atoms. The van der Waals surface area contributed by atoms with E-state index in [2.05, 4.69) is 17.0 Å². The molecule has 1 saturated heterocycles. The number of halogens is 3. The van der Waals surface area contributed by atoms with Crippen LogP contribution in [0.25, 0.3) is 0 Å². The summed E-state index contributed by atoms with van der Waals surface area (Å²) in [7, 11) is 0. The van der Waals surface area contributed by atoms with Crippen LogP contribution in [-0.2, 0) is 4.74 Å². The summed E-state index contributed by atoms with van der Waals surface area (Å²) in [6.07, 6.45) is 1.87. The maximum atomic E-state index is 13.4. The molecule has 0 saturated carbocycles. The highest BCUT2D eigenvalue weighted by atomic mass is 35.5. The van der Waals surface area contributed by atoms with E-state index in [0.717, 1.165) is 48.6 Å². The molecule has 0 unspecified atom stereocenters. The van der Waals surface area contributed by atoms with Gasteiger partial charge in [0.25, 0.3) is 0 Å². The molecule has 2 nitrogen and oxygen atoms in total. The molecule has 1 aliphatic heterocycles. The zero-order valence-corrected chi connectivity index (χ0v) is 18.1. The van der Waals surface area contributed by atoms with Crippen LogP contribution in [0.3, 0.4) is 0 Å². The third-order valence-corrected chi connectivity index (χ3v) is 6.22. The Kier molecular flexibility index (Phi) is 7.33. The second kappa shape index (κ2) is 10.4. The summed E-state index contributed by atoms with van der Waals surface area (Å²) >= 11 is 6.00. The summed E-state index contributed by atoms with van der Waals surface area (Å²) in [4.78, 5) is 2.42. The number of hydrogen-bond acceptors (Lipinski definition) is 2. The highest BCUT2D eigenvalue weighted by Crippen LogP contribution is 2.30. The van der Waals surface area contributed by atoms with Crippen LogP contribution < -0.4 is 0 Å². The Morgan fingerprint density at radius 2 is 1.32 bits per heavy atom. The molecule has 1 heterocycles. The zero-order chi connectivity index (χ0) is 21.6. The highest BCUT2D eigenvalue weighted by molar-refractivity contribution is 6.30. The molecule has 0 amide bonds. The van der Waals surface area contributed by atoms with Gasteiger partial charge in [0.15, 0.2) is 0 Å². The van der Waals surface area contributed by atoms with Crippen molar-refractivity contribution in [1.29, 1.82) is 0 Å². The van der Waals surface area contributed by atoms with Crippen molar-refractivity contribution in [2.24, 2.45) is 0 Å².